The molecule has 2 aromatic rings. The largest absolute Gasteiger partial charge is 0.469 e. The standard InChI is InChI=1S/C17H26N2O2/c1-13(2)9-18-10-17-16(6-8-21-17)12-19(4)11-15-5-7-20-14(15)3/h5-8,13,18H,9-12H2,1-4H3. The van der Waals surface area contributed by atoms with Crippen LogP contribution in [0.25, 0.3) is 0 Å². The number of hydrogen-bond donors (Lipinski definition) is 1. The summed E-state index contributed by atoms with van der Waals surface area (Å²) < 4.78 is 10.9. The van der Waals surface area contributed by atoms with Crippen LogP contribution in [0.5, 0.6) is 0 Å². The summed E-state index contributed by atoms with van der Waals surface area (Å²) in [7, 11) is 2.12. The molecule has 0 atom stereocenters. The minimum Gasteiger partial charge on any atom is -0.469 e. The first-order valence-electron chi connectivity index (χ1n) is 7.53. The summed E-state index contributed by atoms with van der Waals surface area (Å²) >= 11 is 0. The molecule has 116 valence electrons. The summed E-state index contributed by atoms with van der Waals surface area (Å²) in [5.74, 6) is 2.68. The molecule has 2 heterocycles. The lowest BCUT2D eigenvalue weighted by Crippen LogP contribution is -2.21. The molecule has 0 saturated heterocycles. The molecule has 1 N–H and O–H groups in total. The van der Waals surface area contributed by atoms with Gasteiger partial charge in [0.1, 0.15) is 11.5 Å². The van der Waals surface area contributed by atoms with E-state index in [-0.39, 0.29) is 0 Å². The molecule has 0 aromatic carbocycles. The Hall–Kier alpha value is -1.52. The second-order valence-electron chi connectivity index (χ2n) is 6.07. The zero-order valence-electron chi connectivity index (χ0n) is 13.5. The van der Waals surface area contributed by atoms with Gasteiger partial charge in [0.15, 0.2) is 0 Å². The van der Waals surface area contributed by atoms with E-state index in [2.05, 4.69) is 37.2 Å². The van der Waals surface area contributed by atoms with Crippen LogP contribution in [0.1, 0.15) is 36.5 Å². The molecule has 0 spiro atoms. The third-order valence-electron chi connectivity index (χ3n) is 3.52. The number of aryl methyl sites for hydroxylation is 1. The Morgan fingerprint density at radius 3 is 2.43 bits per heavy atom. The number of nitrogens with one attached hydrogen (secondary N) is 1. The summed E-state index contributed by atoms with van der Waals surface area (Å²) in [4.78, 5) is 2.27. The van der Waals surface area contributed by atoms with Crippen molar-refractivity contribution in [3.63, 3.8) is 0 Å². The Bertz CT molecular complexity index is 542. The van der Waals surface area contributed by atoms with Gasteiger partial charge in [-0.3, -0.25) is 4.90 Å². The highest BCUT2D eigenvalue weighted by atomic mass is 16.3. The molecule has 0 unspecified atom stereocenters. The Morgan fingerprint density at radius 1 is 1.10 bits per heavy atom. The van der Waals surface area contributed by atoms with Crippen molar-refractivity contribution in [3.8, 4) is 0 Å². The normalized spacial score (nSPS) is 11.7. The van der Waals surface area contributed by atoms with Gasteiger partial charge in [-0.2, -0.15) is 0 Å². The Balaban J connectivity index is 1.87. The molecule has 0 amide bonds. The van der Waals surface area contributed by atoms with Gasteiger partial charge in [-0.05, 0) is 38.6 Å². The average molecular weight is 290 g/mol. The third-order valence-corrected chi connectivity index (χ3v) is 3.52. The van der Waals surface area contributed by atoms with E-state index in [1.807, 2.05) is 13.0 Å². The van der Waals surface area contributed by atoms with Gasteiger partial charge in [0, 0.05) is 24.2 Å². The minimum atomic E-state index is 0.648. The molecule has 2 rings (SSSR count). The van der Waals surface area contributed by atoms with Crippen LogP contribution in [-0.2, 0) is 19.6 Å². The molecule has 4 heteroatoms. The van der Waals surface area contributed by atoms with Crippen molar-refractivity contribution < 1.29 is 8.83 Å². The van der Waals surface area contributed by atoms with Gasteiger partial charge in [0.25, 0.3) is 0 Å². The lowest BCUT2D eigenvalue weighted by atomic mass is 10.2. The fraction of sp³-hybridized carbons (Fsp3) is 0.529. The van der Waals surface area contributed by atoms with Crippen molar-refractivity contribution in [3.05, 3.63) is 47.3 Å². The third kappa shape index (κ3) is 4.76. The highest BCUT2D eigenvalue weighted by Gasteiger charge is 2.11. The van der Waals surface area contributed by atoms with Crippen LogP contribution in [0.3, 0.4) is 0 Å². The van der Waals surface area contributed by atoms with E-state index in [9.17, 15) is 0 Å². The topological polar surface area (TPSA) is 41.6 Å². The molecule has 0 bridgehead atoms. The molecule has 2 aromatic heterocycles. The highest BCUT2D eigenvalue weighted by Crippen LogP contribution is 2.16. The number of rotatable bonds is 8. The predicted octanol–water partition coefficient (Wildman–Crippen LogP) is 3.56. The number of furan rings is 2. The van der Waals surface area contributed by atoms with Gasteiger partial charge in [-0.1, -0.05) is 13.8 Å². The maximum Gasteiger partial charge on any atom is 0.122 e. The van der Waals surface area contributed by atoms with E-state index in [0.29, 0.717) is 5.92 Å². The second-order valence-corrected chi connectivity index (χ2v) is 6.07. The fourth-order valence-corrected chi connectivity index (χ4v) is 2.35. The van der Waals surface area contributed by atoms with Crippen molar-refractivity contribution >= 4 is 0 Å². The van der Waals surface area contributed by atoms with Crippen molar-refractivity contribution in [2.75, 3.05) is 13.6 Å². The summed E-state index contributed by atoms with van der Waals surface area (Å²) in [6.07, 6.45) is 3.52. The molecule has 0 saturated carbocycles. The van der Waals surface area contributed by atoms with Crippen LogP contribution in [0, 0.1) is 12.8 Å². The summed E-state index contributed by atoms with van der Waals surface area (Å²) in [6, 6.07) is 4.09. The van der Waals surface area contributed by atoms with Crippen molar-refractivity contribution in [2.24, 2.45) is 5.92 Å². The quantitative estimate of drug-likeness (QED) is 0.807. The van der Waals surface area contributed by atoms with Crippen LogP contribution in [0.2, 0.25) is 0 Å². The summed E-state index contributed by atoms with van der Waals surface area (Å²) in [6.45, 7) is 9.96. The smallest absolute Gasteiger partial charge is 0.122 e. The van der Waals surface area contributed by atoms with Gasteiger partial charge in [0.2, 0.25) is 0 Å². The molecular weight excluding hydrogens is 264 g/mol. The van der Waals surface area contributed by atoms with E-state index in [1.54, 1.807) is 12.5 Å². The molecular formula is C17H26N2O2. The molecule has 0 aliphatic heterocycles. The maximum atomic E-state index is 5.60. The molecule has 21 heavy (non-hydrogen) atoms. The average Bonchev–Trinajstić information content (AvgIpc) is 3.00. The van der Waals surface area contributed by atoms with Crippen LogP contribution in [-0.4, -0.2) is 18.5 Å². The first kappa shape index (κ1) is 15.9. The van der Waals surface area contributed by atoms with Crippen molar-refractivity contribution in [1.82, 2.24) is 10.2 Å². The molecule has 4 nitrogen and oxygen atoms in total. The van der Waals surface area contributed by atoms with Crippen LogP contribution >= 0.6 is 0 Å². The van der Waals surface area contributed by atoms with Gasteiger partial charge < -0.3 is 14.2 Å². The van der Waals surface area contributed by atoms with Crippen LogP contribution in [0.15, 0.2) is 33.5 Å². The van der Waals surface area contributed by atoms with Gasteiger partial charge >= 0.3 is 0 Å². The Kier molecular flexibility index (Phi) is 5.65. The van der Waals surface area contributed by atoms with Gasteiger partial charge in [0.05, 0.1) is 19.1 Å². The van der Waals surface area contributed by atoms with E-state index >= 15 is 0 Å². The van der Waals surface area contributed by atoms with Crippen LogP contribution in [0.4, 0.5) is 0 Å². The van der Waals surface area contributed by atoms with E-state index in [4.69, 9.17) is 8.83 Å². The maximum absolute atomic E-state index is 5.60. The monoisotopic (exact) mass is 290 g/mol. The van der Waals surface area contributed by atoms with E-state index < -0.39 is 0 Å². The zero-order valence-corrected chi connectivity index (χ0v) is 13.5. The molecule has 0 aliphatic rings. The molecule has 0 radical (unpaired) electrons. The van der Waals surface area contributed by atoms with Crippen molar-refractivity contribution in [2.45, 2.75) is 40.4 Å². The summed E-state index contributed by atoms with van der Waals surface area (Å²) in [5, 5.41) is 3.43. The minimum absolute atomic E-state index is 0.648. The lowest BCUT2D eigenvalue weighted by molar-refractivity contribution is 0.312. The van der Waals surface area contributed by atoms with Gasteiger partial charge in [-0.15, -0.1) is 0 Å². The zero-order chi connectivity index (χ0) is 15.2. The number of nitrogens with zero attached hydrogens (tertiary/aromatic N) is 1. The summed E-state index contributed by atoms with van der Waals surface area (Å²) in [5.41, 5.74) is 2.48. The first-order chi connectivity index (χ1) is 10.1. The molecule has 0 fully saturated rings. The van der Waals surface area contributed by atoms with E-state index in [0.717, 1.165) is 37.7 Å². The van der Waals surface area contributed by atoms with E-state index in [1.165, 1.54) is 11.1 Å². The first-order valence-corrected chi connectivity index (χ1v) is 7.53. The predicted molar refractivity (Wildman–Crippen MR) is 83.9 cm³/mol. The van der Waals surface area contributed by atoms with Gasteiger partial charge in [-0.25, -0.2) is 0 Å². The highest BCUT2D eigenvalue weighted by molar-refractivity contribution is 5.18. The van der Waals surface area contributed by atoms with Crippen molar-refractivity contribution in [1.29, 1.82) is 0 Å². The Labute approximate surface area is 127 Å². The Morgan fingerprint density at radius 2 is 1.76 bits per heavy atom. The van der Waals surface area contributed by atoms with Crippen LogP contribution < -0.4 is 5.32 Å². The fourth-order valence-electron chi connectivity index (χ4n) is 2.35. The number of hydrogen-bond acceptors (Lipinski definition) is 4. The second kappa shape index (κ2) is 7.48. The lowest BCUT2D eigenvalue weighted by Gasteiger charge is -2.16. The SMILES string of the molecule is Cc1occc1CN(C)Cc1ccoc1CNCC(C)C. The molecule has 0 aliphatic carbocycles.